The van der Waals surface area contributed by atoms with Gasteiger partial charge in [0, 0.05) is 0 Å². The van der Waals surface area contributed by atoms with Gasteiger partial charge >= 0.3 is 12.1 Å². The SMILES string of the molecule is CCOC(=O)C(=N)C(=O)CC(O)(CC)C(F)(F)F. The summed E-state index contributed by atoms with van der Waals surface area (Å²) in [4.78, 5) is 22.3. The van der Waals surface area contributed by atoms with E-state index in [-0.39, 0.29) is 6.61 Å². The molecule has 5 nitrogen and oxygen atoms in total. The van der Waals surface area contributed by atoms with Gasteiger partial charge in [0.25, 0.3) is 0 Å². The molecule has 0 bridgehead atoms. The fourth-order valence-electron chi connectivity index (χ4n) is 1.10. The summed E-state index contributed by atoms with van der Waals surface area (Å²) in [5, 5.41) is 16.4. The lowest BCUT2D eigenvalue weighted by molar-refractivity contribution is -0.261. The molecular formula is C10H14F3NO4. The highest BCUT2D eigenvalue weighted by molar-refractivity contribution is 6.63. The average Bonchev–Trinajstić information content (AvgIpc) is 2.26. The molecule has 1 atom stereocenters. The second kappa shape index (κ2) is 5.94. The number of rotatable bonds is 6. The van der Waals surface area contributed by atoms with E-state index < -0.39 is 42.1 Å². The van der Waals surface area contributed by atoms with E-state index in [2.05, 4.69) is 4.74 Å². The summed E-state index contributed by atoms with van der Waals surface area (Å²) in [6.45, 7) is 2.37. The second-order valence-electron chi connectivity index (χ2n) is 3.58. The number of nitrogens with one attached hydrogen (secondary N) is 1. The molecule has 18 heavy (non-hydrogen) atoms. The van der Waals surface area contributed by atoms with Crippen LogP contribution in [0.4, 0.5) is 13.2 Å². The number of hydrogen-bond acceptors (Lipinski definition) is 5. The molecule has 0 aliphatic heterocycles. The Morgan fingerprint density at radius 1 is 1.28 bits per heavy atom. The minimum absolute atomic E-state index is 0.105. The summed E-state index contributed by atoms with van der Waals surface area (Å²) >= 11 is 0. The summed E-state index contributed by atoms with van der Waals surface area (Å²) in [7, 11) is 0. The van der Waals surface area contributed by atoms with Gasteiger partial charge in [0.15, 0.2) is 17.1 Å². The molecule has 0 radical (unpaired) electrons. The molecule has 0 saturated carbocycles. The summed E-state index contributed by atoms with van der Waals surface area (Å²) in [5.41, 5.74) is -4.43. The predicted octanol–water partition coefficient (Wildman–Crippen LogP) is 1.23. The molecule has 2 N–H and O–H groups in total. The minimum atomic E-state index is -5.01. The van der Waals surface area contributed by atoms with Crippen LogP contribution in [-0.2, 0) is 14.3 Å². The quantitative estimate of drug-likeness (QED) is 0.431. The molecule has 0 fully saturated rings. The van der Waals surface area contributed by atoms with Gasteiger partial charge in [0.1, 0.15) is 0 Å². The third kappa shape index (κ3) is 3.80. The number of carbonyl (C=O) groups is 2. The molecular weight excluding hydrogens is 255 g/mol. The molecule has 0 rings (SSSR count). The van der Waals surface area contributed by atoms with Crippen LogP contribution in [0.15, 0.2) is 0 Å². The van der Waals surface area contributed by atoms with E-state index in [9.17, 15) is 27.9 Å². The predicted molar refractivity (Wildman–Crippen MR) is 55.3 cm³/mol. The Bertz CT molecular complexity index is 354. The van der Waals surface area contributed by atoms with Crippen LogP contribution >= 0.6 is 0 Å². The first-order valence-electron chi connectivity index (χ1n) is 5.17. The van der Waals surface area contributed by atoms with E-state index in [1.165, 1.54) is 6.92 Å². The average molecular weight is 269 g/mol. The van der Waals surface area contributed by atoms with Gasteiger partial charge in [-0.25, -0.2) is 4.79 Å². The van der Waals surface area contributed by atoms with Crippen LogP contribution in [0.3, 0.4) is 0 Å². The van der Waals surface area contributed by atoms with E-state index in [4.69, 9.17) is 5.41 Å². The van der Waals surface area contributed by atoms with Crippen molar-refractivity contribution in [1.29, 1.82) is 5.41 Å². The smallest absolute Gasteiger partial charge is 0.417 e. The maximum Gasteiger partial charge on any atom is 0.417 e. The monoisotopic (exact) mass is 269 g/mol. The molecule has 8 heteroatoms. The van der Waals surface area contributed by atoms with Crippen LogP contribution in [0.2, 0.25) is 0 Å². The topological polar surface area (TPSA) is 87.5 Å². The summed E-state index contributed by atoms with van der Waals surface area (Å²) in [6.07, 6.45) is -7.13. The van der Waals surface area contributed by atoms with Crippen LogP contribution < -0.4 is 0 Å². The minimum Gasteiger partial charge on any atom is -0.461 e. The summed E-state index contributed by atoms with van der Waals surface area (Å²) < 4.78 is 41.8. The Morgan fingerprint density at radius 2 is 1.78 bits per heavy atom. The molecule has 0 aromatic rings. The van der Waals surface area contributed by atoms with E-state index in [0.717, 1.165) is 6.92 Å². The number of aliphatic hydroxyl groups is 1. The number of hydrogen-bond donors (Lipinski definition) is 2. The fourth-order valence-corrected chi connectivity index (χ4v) is 1.10. The zero-order valence-electron chi connectivity index (χ0n) is 9.93. The maximum atomic E-state index is 12.5. The molecule has 0 amide bonds. The normalized spacial score (nSPS) is 14.8. The van der Waals surface area contributed by atoms with Crippen LogP contribution in [-0.4, -0.2) is 41.0 Å². The lowest BCUT2D eigenvalue weighted by atomic mass is 9.92. The van der Waals surface area contributed by atoms with Gasteiger partial charge in [-0.05, 0) is 13.3 Å². The Hall–Kier alpha value is -1.44. The molecule has 0 aromatic heterocycles. The Labute approximate surface area is 101 Å². The van der Waals surface area contributed by atoms with Crippen molar-refractivity contribution in [3.8, 4) is 0 Å². The first-order valence-corrected chi connectivity index (χ1v) is 5.17. The molecule has 0 aliphatic rings. The van der Waals surface area contributed by atoms with Crippen molar-refractivity contribution in [1.82, 2.24) is 0 Å². The van der Waals surface area contributed by atoms with Gasteiger partial charge in [-0.15, -0.1) is 0 Å². The zero-order valence-corrected chi connectivity index (χ0v) is 9.93. The number of ketones is 1. The first kappa shape index (κ1) is 16.6. The highest BCUT2D eigenvalue weighted by Crippen LogP contribution is 2.35. The van der Waals surface area contributed by atoms with Crippen LogP contribution in [0.5, 0.6) is 0 Å². The fraction of sp³-hybridized carbons (Fsp3) is 0.700. The number of alkyl halides is 3. The van der Waals surface area contributed by atoms with E-state index in [1.54, 1.807) is 0 Å². The second-order valence-corrected chi connectivity index (χ2v) is 3.58. The van der Waals surface area contributed by atoms with Gasteiger partial charge in [0.05, 0.1) is 13.0 Å². The third-order valence-electron chi connectivity index (χ3n) is 2.32. The van der Waals surface area contributed by atoms with Crippen molar-refractivity contribution >= 4 is 17.5 Å². The molecule has 0 aromatic carbocycles. The van der Waals surface area contributed by atoms with Crippen LogP contribution in [0.1, 0.15) is 26.7 Å². The van der Waals surface area contributed by atoms with E-state index >= 15 is 0 Å². The summed E-state index contributed by atoms with van der Waals surface area (Å²) in [6, 6.07) is 0. The van der Waals surface area contributed by atoms with Crippen molar-refractivity contribution in [2.45, 2.75) is 38.5 Å². The molecule has 1 unspecified atom stereocenters. The number of esters is 1. The number of halogens is 3. The van der Waals surface area contributed by atoms with Gasteiger partial charge in [0.2, 0.25) is 0 Å². The molecule has 0 aliphatic carbocycles. The van der Waals surface area contributed by atoms with Crippen LogP contribution in [0, 0.1) is 5.41 Å². The van der Waals surface area contributed by atoms with Crippen molar-refractivity contribution in [3.63, 3.8) is 0 Å². The standard InChI is InChI=1S/C10H14F3NO4/c1-3-9(17,10(11,12)13)5-6(15)7(14)8(16)18-4-2/h14,17H,3-5H2,1-2H3. The first-order chi connectivity index (χ1) is 8.09. The lowest BCUT2D eigenvalue weighted by Crippen LogP contribution is -2.47. The van der Waals surface area contributed by atoms with Crippen LogP contribution in [0.25, 0.3) is 0 Å². The Kier molecular flexibility index (Phi) is 5.47. The number of Topliss-reactive ketones (excluding diaryl/α,β-unsaturated/α-hetero) is 1. The van der Waals surface area contributed by atoms with Crippen molar-refractivity contribution < 1.29 is 32.6 Å². The highest BCUT2D eigenvalue weighted by atomic mass is 19.4. The van der Waals surface area contributed by atoms with Crippen molar-refractivity contribution in [3.05, 3.63) is 0 Å². The molecule has 0 heterocycles. The van der Waals surface area contributed by atoms with Gasteiger partial charge in [-0.1, -0.05) is 6.92 Å². The number of ether oxygens (including phenoxy) is 1. The molecule has 0 spiro atoms. The number of carbonyl (C=O) groups excluding carboxylic acids is 2. The summed E-state index contributed by atoms with van der Waals surface area (Å²) in [5.74, 6) is -2.71. The third-order valence-corrected chi connectivity index (χ3v) is 2.32. The van der Waals surface area contributed by atoms with E-state index in [1.807, 2.05) is 0 Å². The lowest BCUT2D eigenvalue weighted by Gasteiger charge is -2.28. The largest absolute Gasteiger partial charge is 0.461 e. The van der Waals surface area contributed by atoms with Gasteiger partial charge < -0.3 is 9.84 Å². The maximum absolute atomic E-state index is 12.5. The Morgan fingerprint density at radius 3 is 2.11 bits per heavy atom. The highest BCUT2D eigenvalue weighted by Gasteiger charge is 2.53. The molecule has 104 valence electrons. The van der Waals surface area contributed by atoms with E-state index in [0.29, 0.717) is 0 Å². The Balaban J connectivity index is 4.84. The van der Waals surface area contributed by atoms with Gasteiger partial charge in [-0.2, -0.15) is 13.2 Å². The van der Waals surface area contributed by atoms with Crippen molar-refractivity contribution in [2.24, 2.45) is 0 Å². The zero-order chi connectivity index (χ0) is 14.6. The molecule has 0 saturated heterocycles. The van der Waals surface area contributed by atoms with Gasteiger partial charge in [-0.3, -0.25) is 10.2 Å². The van der Waals surface area contributed by atoms with Crippen molar-refractivity contribution in [2.75, 3.05) is 6.61 Å².